The van der Waals surface area contributed by atoms with Crippen molar-refractivity contribution < 1.29 is 4.42 Å². The Morgan fingerprint density at radius 1 is 1.11 bits per heavy atom. The highest BCUT2D eigenvalue weighted by Gasteiger charge is 2.17. The van der Waals surface area contributed by atoms with Crippen molar-refractivity contribution in [3.8, 4) is 0 Å². The summed E-state index contributed by atoms with van der Waals surface area (Å²) in [5, 5.41) is 0.484. The van der Waals surface area contributed by atoms with Crippen LogP contribution in [-0.4, -0.2) is 4.57 Å². The van der Waals surface area contributed by atoms with Gasteiger partial charge in [0.25, 0.3) is 0 Å². The Morgan fingerprint density at radius 3 is 2.63 bits per heavy atom. The Morgan fingerprint density at radius 2 is 1.84 bits per heavy atom. The molecule has 1 heterocycles. The van der Waals surface area contributed by atoms with Crippen LogP contribution in [0.4, 0.5) is 0 Å². The molecule has 1 saturated carbocycles. The van der Waals surface area contributed by atoms with Crippen LogP contribution in [0.15, 0.2) is 38.3 Å². The number of hydrogen-bond donors (Lipinski definition) is 0. The first kappa shape index (κ1) is 12.2. The lowest BCUT2D eigenvalue weighted by molar-refractivity contribution is 0.300. The van der Waals surface area contributed by atoms with E-state index in [4.69, 9.17) is 4.42 Å². The molecular formula is C15H17NO3. The van der Waals surface area contributed by atoms with E-state index in [0.29, 0.717) is 23.4 Å². The zero-order chi connectivity index (χ0) is 13.2. The smallest absolute Gasteiger partial charge is 0.372 e. The number of fused-ring (bicyclic) bond motifs is 1. The third-order valence-corrected chi connectivity index (χ3v) is 3.98. The minimum absolute atomic E-state index is 0.484. The summed E-state index contributed by atoms with van der Waals surface area (Å²) in [5.41, 5.74) is 0.148. The number of hydrogen-bond acceptors (Lipinski definition) is 3. The van der Waals surface area contributed by atoms with E-state index in [-0.39, 0.29) is 0 Å². The van der Waals surface area contributed by atoms with E-state index >= 15 is 0 Å². The van der Waals surface area contributed by atoms with E-state index in [0.717, 1.165) is 12.8 Å². The van der Waals surface area contributed by atoms with Crippen molar-refractivity contribution in [3.05, 3.63) is 45.2 Å². The van der Waals surface area contributed by atoms with Crippen molar-refractivity contribution in [2.45, 2.75) is 38.6 Å². The van der Waals surface area contributed by atoms with Crippen LogP contribution < -0.4 is 11.4 Å². The van der Waals surface area contributed by atoms with Gasteiger partial charge in [0.1, 0.15) is 0 Å². The first-order chi connectivity index (χ1) is 9.25. The molecule has 1 aromatic heterocycles. The molecule has 0 radical (unpaired) electrons. The van der Waals surface area contributed by atoms with Gasteiger partial charge in [-0.3, -0.25) is 4.57 Å². The molecule has 3 rings (SSSR count). The maximum Gasteiger partial charge on any atom is 0.422 e. The summed E-state index contributed by atoms with van der Waals surface area (Å²) in [6, 6.07) is 7.15. The molecule has 4 nitrogen and oxygen atoms in total. The summed E-state index contributed by atoms with van der Waals surface area (Å²) in [6.45, 7) is 0.656. The first-order valence-corrected chi connectivity index (χ1v) is 6.88. The van der Waals surface area contributed by atoms with Crippen molar-refractivity contribution in [1.82, 2.24) is 4.57 Å². The molecule has 1 aromatic carbocycles. The second kappa shape index (κ2) is 5.03. The van der Waals surface area contributed by atoms with Gasteiger partial charge in [0.15, 0.2) is 0 Å². The fourth-order valence-electron chi connectivity index (χ4n) is 2.97. The Balaban J connectivity index is 2.07. The topological polar surface area (TPSA) is 52.2 Å². The fraction of sp³-hybridized carbons (Fsp3) is 0.467. The Kier molecular flexibility index (Phi) is 3.23. The quantitative estimate of drug-likeness (QED) is 0.832. The maximum atomic E-state index is 11.9. The van der Waals surface area contributed by atoms with Gasteiger partial charge in [0.2, 0.25) is 0 Å². The van der Waals surface area contributed by atoms with Crippen molar-refractivity contribution in [2.75, 3.05) is 0 Å². The van der Waals surface area contributed by atoms with Crippen LogP contribution in [0.5, 0.6) is 0 Å². The Hall–Kier alpha value is -1.84. The predicted octanol–water partition coefficient (Wildman–Crippen LogP) is 2.54. The average Bonchev–Trinajstić information content (AvgIpc) is 2.45. The highest BCUT2D eigenvalue weighted by Crippen LogP contribution is 2.25. The SMILES string of the molecule is O=c1oc(=O)n(CC2CCCCC2)c2ccccc12. The van der Waals surface area contributed by atoms with Gasteiger partial charge in [0, 0.05) is 6.54 Å². The largest absolute Gasteiger partial charge is 0.422 e. The Labute approximate surface area is 110 Å². The van der Waals surface area contributed by atoms with Crippen LogP contribution in [0.1, 0.15) is 32.1 Å². The van der Waals surface area contributed by atoms with Crippen LogP contribution in [0, 0.1) is 5.92 Å². The third kappa shape index (κ3) is 2.35. The number of benzene rings is 1. The molecule has 4 heteroatoms. The minimum atomic E-state index is -0.541. The molecule has 19 heavy (non-hydrogen) atoms. The van der Waals surface area contributed by atoms with Crippen molar-refractivity contribution in [2.24, 2.45) is 5.92 Å². The van der Waals surface area contributed by atoms with Gasteiger partial charge in [0.05, 0.1) is 10.9 Å². The van der Waals surface area contributed by atoms with Crippen LogP contribution >= 0.6 is 0 Å². The normalized spacial score (nSPS) is 16.8. The number of para-hydroxylation sites is 1. The molecule has 2 aromatic rings. The van der Waals surface area contributed by atoms with E-state index in [2.05, 4.69) is 0 Å². The maximum absolute atomic E-state index is 11.9. The van der Waals surface area contributed by atoms with Gasteiger partial charge < -0.3 is 4.42 Å². The van der Waals surface area contributed by atoms with Gasteiger partial charge in [-0.25, -0.2) is 9.59 Å². The second-order valence-corrected chi connectivity index (χ2v) is 5.29. The molecule has 100 valence electrons. The molecule has 0 spiro atoms. The van der Waals surface area contributed by atoms with E-state index in [1.54, 1.807) is 16.7 Å². The standard InChI is InChI=1S/C15H17NO3/c17-14-12-8-4-5-9-13(12)16(15(18)19-14)10-11-6-2-1-3-7-11/h4-5,8-9,11H,1-3,6-7,10H2. The zero-order valence-electron chi connectivity index (χ0n) is 10.8. The van der Waals surface area contributed by atoms with Gasteiger partial charge in [-0.05, 0) is 30.9 Å². The molecular weight excluding hydrogens is 242 g/mol. The molecule has 0 bridgehead atoms. The van der Waals surface area contributed by atoms with Gasteiger partial charge in [-0.15, -0.1) is 0 Å². The summed E-state index contributed by atoms with van der Waals surface area (Å²) in [6.07, 6.45) is 6.05. The molecule has 0 amide bonds. The molecule has 1 fully saturated rings. The third-order valence-electron chi connectivity index (χ3n) is 3.98. The highest BCUT2D eigenvalue weighted by molar-refractivity contribution is 5.77. The van der Waals surface area contributed by atoms with Gasteiger partial charge >= 0.3 is 11.4 Å². The van der Waals surface area contributed by atoms with E-state index in [9.17, 15) is 9.59 Å². The molecule has 0 saturated heterocycles. The van der Waals surface area contributed by atoms with E-state index < -0.39 is 11.4 Å². The first-order valence-electron chi connectivity index (χ1n) is 6.88. The van der Waals surface area contributed by atoms with Crippen LogP contribution in [0.2, 0.25) is 0 Å². The monoisotopic (exact) mass is 259 g/mol. The molecule has 0 unspecified atom stereocenters. The molecule has 1 aliphatic rings. The lowest BCUT2D eigenvalue weighted by Gasteiger charge is -2.22. The average molecular weight is 259 g/mol. The van der Waals surface area contributed by atoms with E-state index in [1.165, 1.54) is 19.3 Å². The molecule has 0 aliphatic heterocycles. The molecule has 1 aliphatic carbocycles. The fourth-order valence-corrected chi connectivity index (χ4v) is 2.97. The number of rotatable bonds is 2. The summed E-state index contributed by atoms with van der Waals surface area (Å²) in [4.78, 5) is 23.6. The van der Waals surface area contributed by atoms with Gasteiger partial charge in [-0.1, -0.05) is 31.4 Å². The minimum Gasteiger partial charge on any atom is -0.372 e. The van der Waals surface area contributed by atoms with Crippen molar-refractivity contribution >= 4 is 10.9 Å². The van der Waals surface area contributed by atoms with E-state index in [1.807, 2.05) is 12.1 Å². The summed E-state index contributed by atoms with van der Waals surface area (Å²) in [5.74, 6) is -0.0168. The van der Waals surface area contributed by atoms with Crippen LogP contribution in [0.3, 0.4) is 0 Å². The lowest BCUT2D eigenvalue weighted by Crippen LogP contribution is -2.28. The molecule has 0 atom stereocenters. The summed E-state index contributed by atoms with van der Waals surface area (Å²) >= 11 is 0. The number of nitrogens with zero attached hydrogens (tertiary/aromatic N) is 1. The highest BCUT2D eigenvalue weighted by atomic mass is 16.4. The lowest BCUT2D eigenvalue weighted by atomic mass is 9.89. The number of aromatic nitrogens is 1. The zero-order valence-corrected chi connectivity index (χ0v) is 10.8. The summed E-state index contributed by atoms with van der Waals surface area (Å²) < 4.78 is 6.43. The summed E-state index contributed by atoms with van der Waals surface area (Å²) in [7, 11) is 0. The van der Waals surface area contributed by atoms with Gasteiger partial charge in [-0.2, -0.15) is 0 Å². The van der Waals surface area contributed by atoms with Crippen molar-refractivity contribution in [1.29, 1.82) is 0 Å². The molecule has 0 N–H and O–H groups in total. The predicted molar refractivity (Wildman–Crippen MR) is 73.3 cm³/mol. The van der Waals surface area contributed by atoms with Crippen LogP contribution in [-0.2, 0) is 6.54 Å². The Bertz CT molecular complexity index is 692. The van der Waals surface area contributed by atoms with Crippen molar-refractivity contribution in [3.63, 3.8) is 0 Å². The van der Waals surface area contributed by atoms with Crippen LogP contribution in [0.25, 0.3) is 10.9 Å². The second-order valence-electron chi connectivity index (χ2n) is 5.29.